The highest BCUT2D eigenvalue weighted by molar-refractivity contribution is 7.11. The highest BCUT2D eigenvalue weighted by Gasteiger charge is 2.34. The average molecular weight is 379 g/mol. The Labute approximate surface area is 159 Å². The number of piperidine rings is 1. The minimum absolute atomic E-state index is 0.0428. The summed E-state index contributed by atoms with van der Waals surface area (Å²) in [5.74, 6) is 0.0545. The summed E-state index contributed by atoms with van der Waals surface area (Å²) in [6.45, 7) is 7.77. The fourth-order valence-corrected chi connectivity index (χ4v) is 4.92. The van der Waals surface area contributed by atoms with Crippen LogP contribution in [0.15, 0.2) is 0 Å². The van der Waals surface area contributed by atoms with E-state index in [1.54, 1.807) is 11.3 Å². The Bertz CT molecular complexity index is 639. The summed E-state index contributed by atoms with van der Waals surface area (Å²) in [5.41, 5.74) is 1.02. The van der Waals surface area contributed by atoms with E-state index in [1.807, 2.05) is 11.8 Å². The first-order valence-corrected chi connectivity index (χ1v) is 10.6. The number of hydrogen-bond donors (Lipinski definition) is 2. The summed E-state index contributed by atoms with van der Waals surface area (Å²) in [7, 11) is 0. The minimum Gasteiger partial charge on any atom is -0.351 e. The van der Waals surface area contributed by atoms with Crippen molar-refractivity contribution in [1.29, 1.82) is 0 Å². The monoisotopic (exact) mass is 378 g/mol. The quantitative estimate of drug-likeness (QED) is 0.792. The molecule has 0 aromatic carbocycles. The van der Waals surface area contributed by atoms with E-state index >= 15 is 0 Å². The van der Waals surface area contributed by atoms with Gasteiger partial charge in [0.15, 0.2) is 0 Å². The molecule has 7 heteroatoms. The van der Waals surface area contributed by atoms with Crippen molar-refractivity contribution >= 4 is 23.2 Å². The molecule has 0 unspecified atom stereocenters. The van der Waals surface area contributed by atoms with Gasteiger partial charge in [-0.2, -0.15) is 0 Å². The number of aryl methyl sites for hydroxylation is 2. The fourth-order valence-electron chi connectivity index (χ4n) is 3.81. The molecular formula is C19H30N4O2S. The molecule has 2 amide bonds. The molecule has 3 heterocycles. The summed E-state index contributed by atoms with van der Waals surface area (Å²) in [4.78, 5) is 32.9. The van der Waals surface area contributed by atoms with Crippen LogP contribution in [0.25, 0.3) is 0 Å². The lowest BCUT2D eigenvalue weighted by Gasteiger charge is -2.31. The maximum Gasteiger partial charge on any atom is 0.226 e. The Hall–Kier alpha value is -1.47. The Morgan fingerprint density at radius 2 is 2.00 bits per heavy atom. The van der Waals surface area contributed by atoms with Gasteiger partial charge in [0.05, 0.1) is 29.1 Å². The second-order valence-corrected chi connectivity index (χ2v) is 8.57. The number of likely N-dealkylation sites (tertiary alicyclic amines) is 1. The van der Waals surface area contributed by atoms with E-state index in [2.05, 4.69) is 22.5 Å². The van der Waals surface area contributed by atoms with E-state index in [-0.39, 0.29) is 23.7 Å². The zero-order valence-corrected chi connectivity index (χ0v) is 16.7. The highest BCUT2D eigenvalue weighted by atomic mass is 32.1. The van der Waals surface area contributed by atoms with Crippen LogP contribution >= 0.6 is 11.3 Å². The molecule has 2 N–H and O–H groups in total. The normalized spacial score (nSPS) is 23.2. The summed E-state index contributed by atoms with van der Waals surface area (Å²) >= 11 is 1.69. The van der Waals surface area contributed by atoms with Gasteiger partial charge >= 0.3 is 0 Å². The molecule has 0 radical (unpaired) electrons. The van der Waals surface area contributed by atoms with Crippen LogP contribution in [0.4, 0.5) is 0 Å². The molecule has 0 spiro atoms. The molecule has 2 fully saturated rings. The first-order chi connectivity index (χ1) is 12.6. The lowest BCUT2D eigenvalue weighted by atomic mass is 9.89. The topological polar surface area (TPSA) is 74.3 Å². The Morgan fingerprint density at radius 1 is 1.27 bits per heavy atom. The molecule has 2 aliphatic rings. The Balaban J connectivity index is 1.51. The molecule has 0 bridgehead atoms. The predicted octanol–water partition coefficient (Wildman–Crippen LogP) is 1.87. The molecule has 0 saturated carbocycles. The van der Waals surface area contributed by atoms with Gasteiger partial charge in [-0.15, -0.1) is 11.3 Å². The van der Waals surface area contributed by atoms with Crippen LogP contribution < -0.4 is 10.6 Å². The number of rotatable bonds is 6. The van der Waals surface area contributed by atoms with E-state index in [0.29, 0.717) is 26.1 Å². The molecule has 2 saturated heterocycles. The molecule has 0 aliphatic carbocycles. The van der Waals surface area contributed by atoms with Gasteiger partial charge in [-0.25, -0.2) is 4.98 Å². The number of amides is 2. The van der Waals surface area contributed by atoms with Crippen molar-refractivity contribution in [2.75, 3.05) is 26.2 Å². The van der Waals surface area contributed by atoms with Gasteiger partial charge in [-0.05, 0) is 39.0 Å². The van der Waals surface area contributed by atoms with Crippen molar-refractivity contribution < 1.29 is 9.59 Å². The summed E-state index contributed by atoms with van der Waals surface area (Å²) in [5, 5.41) is 7.49. The molecule has 144 valence electrons. The molecule has 1 aromatic heterocycles. The lowest BCUT2D eigenvalue weighted by molar-refractivity contribution is -0.136. The molecule has 1 aromatic rings. The van der Waals surface area contributed by atoms with Gasteiger partial charge in [0, 0.05) is 31.1 Å². The molecule has 3 rings (SSSR count). The molecule has 26 heavy (non-hydrogen) atoms. The van der Waals surface area contributed by atoms with Crippen LogP contribution in [-0.4, -0.2) is 47.9 Å². The van der Waals surface area contributed by atoms with Gasteiger partial charge in [-0.1, -0.05) is 6.92 Å². The summed E-state index contributed by atoms with van der Waals surface area (Å²) < 4.78 is 0. The van der Waals surface area contributed by atoms with Crippen molar-refractivity contribution in [3.05, 3.63) is 15.6 Å². The van der Waals surface area contributed by atoms with Crippen LogP contribution in [-0.2, 0) is 22.6 Å². The first kappa shape index (κ1) is 19.3. The number of thiazole rings is 1. The number of hydrogen-bond acceptors (Lipinski definition) is 5. The van der Waals surface area contributed by atoms with Crippen molar-refractivity contribution in [2.45, 2.75) is 52.5 Å². The van der Waals surface area contributed by atoms with Crippen LogP contribution in [0.5, 0.6) is 0 Å². The van der Waals surface area contributed by atoms with E-state index in [9.17, 15) is 9.59 Å². The number of nitrogens with zero attached hydrogens (tertiary/aromatic N) is 2. The third-order valence-corrected chi connectivity index (χ3v) is 6.53. The first-order valence-electron chi connectivity index (χ1n) is 9.80. The number of carbonyl (C=O) groups excluding carboxylic acids is 2. The minimum atomic E-state index is -0.136. The number of aromatic nitrogens is 1. The Morgan fingerprint density at radius 3 is 2.73 bits per heavy atom. The van der Waals surface area contributed by atoms with Gasteiger partial charge in [0.2, 0.25) is 11.8 Å². The number of carbonyl (C=O) groups is 2. The summed E-state index contributed by atoms with van der Waals surface area (Å²) in [6.07, 6.45) is 4.93. The molecule has 2 atom stereocenters. The second-order valence-electron chi connectivity index (χ2n) is 7.40. The van der Waals surface area contributed by atoms with Crippen LogP contribution in [0.3, 0.4) is 0 Å². The summed E-state index contributed by atoms with van der Waals surface area (Å²) in [6, 6.07) is 0. The third kappa shape index (κ3) is 4.62. The fraction of sp³-hybridized carbons (Fsp3) is 0.737. The van der Waals surface area contributed by atoms with E-state index in [4.69, 9.17) is 0 Å². The molecule has 2 aliphatic heterocycles. The van der Waals surface area contributed by atoms with Gasteiger partial charge in [0.1, 0.15) is 0 Å². The van der Waals surface area contributed by atoms with Gasteiger partial charge in [-0.3, -0.25) is 9.59 Å². The van der Waals surface area contributed by atoms with Crippen LogP contribution in [0.2, 0.25) is 0 Å². The van der Waals surface area contributed by atoms with Crippen LogP contribution in [0, 0.1) is 18.8 Å². The van der Waals surface area contributed by atoms with Gasteiger partial charge < -0.3 is 15.5 Å². The highest BCUT2D eigenvalue weighted by Crippen LogP contribution is 2.22. The van der Waals surface area contributed by atoms with Crippen molar-refractivity contribution in [3.8, 4) is 0 Å². The largest absolute Gasteiger partial charge is 0.351 e. The standard InChI is InChI=1S/C19H30N4O2S/c1-3-6-17-22-13(2)16(26-17)12-21-18(24)14-9-15(11-20-10-14)19(25)23-7-4-5-8-23/h14-15,20H,3-12H2,1-2H3,(H,21,24)/t14-,15+/m0/s1. The number of nitrogens with one attached hydrogen (secondary N) is 2. The maximum absolute atomic E-state index is 12.6. The molecule has 6 nitrogen and oxygen atoms in total. The van der Waals surface area contributed by atoms with E-state index < -0.39 is 0 Å². The van der Waals surface area contributed by atoms with Crippen molar-refractivity contribution in [3.63, 3.8) is 0 Å². The van der Waals surface area contributed by atoms with Gasteiger partial charge in [0.25, 0.3) is 0 Å². The average Bonchev–Trinajstić information content (AvgIpc) is 3.29. The van der Waals surface area contributed by atoms with Crippen LogP contribution in [0.1, 0.15) is 48.2 Å². The van der Waals surface area contributed by atoms with E-state index in [0.717, 1.165) is 54.4 Å². The second kappa shape index (κ2) is 8.95. The van der Waals surface area contributed by atoms with E-state index in [1.165, 1.54) is 0 Å². The lowest BCUT2D eigenvalue weighted by Crippen LogP contribution is -2.48. The van der Waals surface area contributed by atoms with Crippen molar-refractivity contribution in [2.24, 2.45) is 11.8 Å². The SMILES string of the molecule is CCCc1nc(C)c(CNC(=O)[C@@H]2CNC[C@H](C(=O)N3CCCC3)C2)s1. The molecular weight excluding hydrogens is 348 g/mol. The third-order valence-electron chi connectivity index (χ3n) is 5.31. The van der Waals surface area contributed by atoms with Crippen molar-refractivity contribution in [1.82, 2.24) is 20.5 Å². The zero-order valence-electron chi connectivity index (χ0n) is 15.8. The predicted molar refractivity (Wildman–Crippen MR) is 103 cm³/mol. The Kier molecular flexibility index (Phi) is 6.64. The smallest absolute Gasteiger partial charge is 0.226 e. The zero-order chi connectivity index (χ0) is 18.5. The maximum atomic E-state index is 12.6.